The summed E-state index contributed by atoms with van der Waals surface area (Å²) < 4.78 is 7.08. The molecule has 0 unspecified atom stereocenters. The van der Waals surface area contributed by atoms with Crippen LogP contribution in [0.25, 0.3) is 0 Å². The average molecular weight is 195 g/mol. The summed E-state index contributed by atoms with van der Waals surface area (Å²) in [4.78, 5) is 0. The summed E-state index contributed by atoms with van der Waals surface area (Å²) in [5.41, 5.74) is 2.61. The quantitative estimate of drug-likeness (QED) is 0.787. The number of nitrogens with zero attached hydrogens (tertiary/aromatic N) is 2. The topological polar surface area (TPSA) is 39.1 Å². The zero-order valence-electron chi connectivity index (χ0n) is 9.00. The largest absolute Gasteiger partial charge is 0.382 e. The minimum atomic E-state index is 0.308. The lowest BCUT2D eigenvalue weighted by atomic mass is 9.89. The third kappa shape index (κ3) is 1.62. The highest BCUT2D eigenvalue weighted by Crippen LogP contribution is 2.27. The summed E-state index contributed by atoms with van der Waals surface area (Å²) in [6.45, 7) is 6.97. The van der Waals surface area contributed by atoms with Crippen LogP contribution in [0.3, 0.4) is 0 Å². The molecular weight excluding hydrogens is 178 g/mol. The molecule has 0 spiro atoms. The molecule has 0 aromatic carbocycles. The van der Waals surface area contributed by atoms with Crippen molar-refractivity contribution >= 4 is 5.69 Å². The minimum Gasteiger partial charge on any atom is -0.382 e. The predicted octanol–water partition coefficient (Wildman–Crippen LogP) is 1.18. The number of aryl methyl sites for hydroxylation is 1. The van der Waals surface area contributed by atoms with Crippen molar-refractivity contribution < 1.29 is 4.74 Å². The van der Waals surface area contributed by atoms with Crippen LogP contribution in [-0.2, 0) is 11.8 Å². The monoisotopic (exact) mass is 195 g/mol. The average Bonchev–Trinajstić information content (AvgIpc) is 2.42. The van der Waals surface area contributed by atoms with Gasteiger partial charge in [0.2, 0.25) is 0 Å². The summed E-state index contributed by atoms with van der Waals surface area (Å²) in [6.07, 6.45) is 1.87. The number of hydrogen-bond donors (Lipinski definition) is 1. The second-order valence-corrected chi connectivity index (χ2v) is 4.42. The summed E-state index contributed by atoms with van der Waals surface area (Å²) in [5.74, 6) is 0. The Labute approximate surface area is 84.3 Å². The van der Waals surface area contributed by atoms with Gasteiger partial charge < -0.3 is 10.1 Å². The number of rotatable bonds is 3. The van der Waals surface area contributed by atoms with Gasteiger partial charge in [-0.3, -0.25) is 4.68 Å². The molecule has 1 N–H and O–H groups in total. The van der Waals surface area contributed by atoms with E-state index in [0.717, 1.165) is 25.4 Å². The third-order valence-electron chi connectivity index (χ3n) is 2.84. The Morgan fingerprint density at radius 1 is 1.64 bits per heavy atom. The molecule has 0 bridgehead atoms. The Kier molecular flexibility index (Phi) is 2.23. The van der Waals surface area contributed by atoms with Crippen molar-refractivity contribution in [3.63, 3.8) is 0 Å². The predicted molar refractivity (Wildman–Crippen MR) is 55.4 cm³/mol. The maximum Gasteiger partial charge on any atom is 0.0756 e. The Hall–Kier alpha value is -1.03. The molecule has 0 amide bonds. The van der Waals surface area contributed by atoms with E-state index in [2.05, 4.69) is 24.3 Å². The zero-order valence-corrected chi connectivity index (χ0v) is 9.00. The highest BCUT2D eigenvalue weighted by Gasteiger charge is 2.33. The van der Waals surface area contributed by atoms with E-state index in [-0.39, 0.29) is 0 Å². The fourth-order valence-corrected chi connectivity index (χ4v) is 1.53. The fraction of sp³-hybridized carbons (Fsp3) is 0.700. The van der Waals surface area contributed by atoms with Crippen molar-refractivity contribution in [3.8, 4) is 0 Å². The third-order valence-corrected chi connectivity index (χ3v) is 2.84. The van der Waals surface area contributed by atoms with Crippen molar-refractivity contribution in [3.05, 3.63) is 11.9 Å². The summed E-state index contributed by atoms with van der Waals surface area (Å²) in [5, 5.41) is 7.60. The summed E-state index contributed by atoms with van der Waals surface area (Å²) in [7, 11) is 1.95. The van der Waals surface area contributed by atoms with Crippen LogP contribution in [0.15, 0.2) is 6.20 Å². The van der Waals surface area contributed by atoms with Crippen molar-refractivity contribution in [2.24, 2.45) is 12.5 Å². The number of aromatic nitrogens is 2. The summed E-state index contributed by atoms with van der Waals surface area (Å²) in [6, 6.07) is 0. The lowest BCUT2D eigenvalue weighted by molar-refractivity contribution is -0.0924. The molecule has 0 aliphatic carbocycles. The van der Waals surface area contributed by atoms with Gasteiger partial charge >= 0.3 is 0 Å². The first-order valence-electron chi connectivity index (χ1n) is 4.91. The van der Waals surface area contributed by atoms with Crippen LogP contribution in [0.4, 0.5) is 5.69 Å². The van der Waals surface area contributed by atoms with Crippen molar-refractivity contribution in [1.82, 2.24) is 9.78 Å². The Morgan fingerprint density at radius 2 is 2.36 bits per heavy atom. The highest BCUT2D eigenvalue weighted by molar-refractivity contribution is 5.45. The molecule has 1 saturated heterocycles. The van der Waals surface area contributed by atoms with E-state index in [9.17, 15) is 0 Å². The standard InChI is InChI=1S/C10H17N3O/c1-8-9(4-12-13(8)3)11-5-10(2)6-14-7-10/h4,11H,5-7H2,1-3H3. The normalized spacial score (nSPS) is 19.1. The molecule has 0 atom stereocenters. The second kappa shape index (κ2) is 3.28. The van der Waals surface area contributed by atoms with Crippen LogP contribution in [0, 0.1) is 12.3 Å². The van der Waals surface area contributed by atoms with Gasteiger partial charge in [-0.05, 0) is 6.92 Å². The Morgan fingerprint density at radius 3 is 2.79 bits per heavy atom. The molecule has 1 aromatic heterocycles. The van der Waals surface area contributed by atoms with E-state index >= 15 is 0 Å². The van der Waals surface area contributed by atoms with Gasteiger partial charge in [-0.1, -0.05) is 6.92 Å². The number of hydrogen-bond acceptors (Lipinski definition) is 3. The molecule has 1 aliphatic rings. The van der Waals surface area contributed by atoms with Crippen molar-refractivity contribution in [2.45, 2.75) is 13.8 Å². The Bertz CT molecular complexity index is 328. The molecule has 1 fully saturated rings. The van der Waals surface area contributed by atoms with Crippen LogP contribution in [0.2, 0.25) is 0 Å². The lowest BCUT2D eigenvalue weighted by Crippen LogP contribution is -2.45. The highest BCUT2D eigenvalue weighted by atomic mass is 16.5. The molecule has 0 radical (unpaired) electrons. The van der Waals surface area contributed by atoms with E-state index in [1.165, 1.54) is 5.69 Å². The van der Waals surface area contributed by atoms with Crippen molar-refractivity contribution in [2.75, 3.05) is 25.1 Å². The maximum atomic E-state index is 5.20. The van der Waals surface area contributed by atoms with Gasteiger partial charge in [0.05, 0.1) is 30.8 Å². The van der Waals surface area contributed by atoms with Gasteiger partial charge in [0.1, 0.15) is 0 Å². The molecule has 78 valence electrons. The van der Waals surface area contributed by atoms with E-state index in [0.29, 0.717) is 5.41 Å². The van der Waals surface area contributed by atoms with Gasteiger partial charge in [0.25, 0.3) is 0 Å². The maximum absolute atomic E-state index is 5.20. The minimum absolute atomic E-state index is 0.308. The smallest absolute Gasteiger partial charge is 0.0756 e. The number of anilines is 1. The lowest BCUT2D eigenvalue weighted by Gasteiger charge is -2.38. The fourth-order valence-electron chi connectivity index (χ4n) is 1.53. The van der Waals surface area contributed by atoms with E-state index in [1.807, 2.05) is 17.9 Å². The molecule has 1 aliphatic heterocycles. The first kappa shape index (κ1) is 9.52. The molecule has 1 aromatic rings. The number of ether oxygens (including phenoxy) is 1. The molecule has 2 heterocycles. The summed E-state index contributed by atoms with van der Waals surface area (Å²) >= 11 is 0. The SMILES string of the molecule is Cc1c(NCC2(C)COC2)cnn1C. The Balaban J connectivity index is 1.94. The molecule has 0 saturated carbocycles. The van der Waals surface area contributed by atoms with Crippen LogP contribution in [0.1, 0.15) is 12.6 Å². The molecule has 4 heteroatoms. The molecule has 14 heavy (non-hydrogen) atoms. The first-order valence-corrected chi connectivity index (χ1v) is 4.91. The van der Waals surface area contributed by atoms with Gasteiger partial charge in [-0.25, -0.2) is 0 Å². The van der Waals surface area contributed by atoms with Crippen LogP contribution < -0.4 is 5.32 Å². The van der Waals surface area contributed by atoms with Crippen molar-refractivity contribution in [1.29, 1.82) is 0 Å². The van der Waals surface area contributed by atoms with Crippen LogP contribution in [0.5, 0.6) is 0 Å². The first-order chi connectivity index (χ1) is 6.61. The van der Waals surface area contributed by atoms with Crippen LogP contribution >= 0.6 is 0 Å². The van der Waals surface area contributed by atoms with Gasteiger partial charge in [-0.15, -0.1) is 0 Å². The van der Waals surface area contributed by atoms with E-state index in [1.54, 1.807) is 0 Å². The van der Waals surface area contributed by atoms with Gasteiger partial charge in [0.15, 0.2) is 0 Å². The zero-order chi connectivity index (χ0) is 10.2. The molecular formula is C10H17N3O. The molecule has 2 rings (SSSR count). The van der Waals surface area contributed by atoms with Gasteiger partial charge in [0, 0.05) is 19.0 Å². The van der Waals surface area contributed by atoms with Crippen LogP contribution in [-0.4, -0.2) is 29.5 Å². The van der Waals surface area contributed by atoms with Gasteiger partial charge in [-0.2, -0.15) is 5.10 Å². The number of nitrogens with one attached hydrogen (secondary N) is 1. The van der Waals surface area contributed by atoms with E-state index in [4.69, 9.17) is 4.74 Å². The van der Waals surface area contributed by atoms with E-state index < -0.39 is 0 Å². The molecule has 4 nitrogen and oxygen atoms in total. The second-order valence-electron chi connectivity index (χ2n) is 4.42.